The molecule has 1 aromatic heterocycles. The van der Waals surface area contributed by atoms with Crippen LogP contribution in [0.5, 0.6) is 5.75 Å². The normalized spacial score (nSPS) is 11.7. The lowest BCUT2D eigenvalue weighted by molar-refractivity contribution is 0.0944. The molecule has 43 heavy (non-hydrogen) atoms. The van der Waals surface area contributed by atoms with Crippen LogP contribution in [0.3, 0.4) is 0 Å². The molecule has 0 bridgehead atoms. The van der Waals surface area contributed by atoms with Crippen molar-refractivity contribution in [3.8, 4) is 5.75 Å². The molecule has 0 saturated carbocycles. The molecular weight excluding hydrogens is 562 g/mol. The van der Waals surface area contributed by atoms with E-state index in [0.717, 1.165) is 34.9 Å². The summed E-state index contributed by atoms with van der Waals surface area (Å²) in [5, 5.41) is 4.05. The van der Waals surface area contributed by atoms with Gasteiger partial charge in [-0.3, -0.25) is 9.59 Å². The molecule has 2 N–H and O–H groups in total. The predicted molar refractivity (Wildman–Crippen MR) is 170 cm³/mol. The minimum Gasteiger partial charge on any atom is -0.496 e. The van der Waals surface area contributed by atoms with E-state index in [-0.39, 0.29) is 22.4 Å². The quantitative estimate of drug-likeness (QED) is 0.195. The molecule has 0 aliphatic carbocycles. The Bertz CT molecular complexity index is 1740. The van der Waals surface area contributed by atoms with Gasteiger partial charge in [0.05, 0.1) is 12.0 Å². The van der Waals surface area contributed by atoms with Crippen LogP contribution in [-0.2, 0) is 16.4 Å². The van der Waals surface area contributed by atoms with Gasteiger partial charge in [0.15, 0.2) is 0 Å². The van der Waals surface area contributed by atoms with Crippen molar-refractivity contribution in [3.05, 3.63) is 94.7 Å². The van der Waals surface area contributed by atoms with Crippen LogP contribution in [0.15, 0.2) is 71.8 Å². The summed E-state index contributed by atoms with van der Waals surface area (Å²) < 4.78 is 35.7. The maximum atomic E-state index is 13.0. The summed E-state index contributed by atoms with van der Waals surface area (Å²) in [6, 6.07) is 17.4. The van der Waals surface area contributed by atoms with Crippen molar-refractivity contribution in [2.24, 2.45) is 5.92 Å². The number of carbonyl (C=O) groups is 2. The zero-order chi connectivity index (χ0) is 31.3. The molecule has 3 aromatic carbocycles. The third-order valence-corrected chi connectivity index (χ3v) is 9.47. The molecule has 0 atom stereocenters. The smallest absolute Gasteiger partial charge is 0.265 e. The van der Waals surface area contributed by atoms with Crippen molar-refractivity contribution < 1.29 is 22.7 Å². The summed E-state index contributed by atoms with van der Waals surface area (Å²) in [5.74, 6) is 0.0787. The average molecular weight is 604 g/mol. The Morgan fingerprint density at radius 1 is 0.907 bits per heavy atom. The van der Waals surface area contributed by atoms with E-state index in [0.29, 0.717) is 35.8 Å². The molecule has 0 unspecified atom stereocenters. The van der Waals surface area contributed by atoms with Gasteiger partial charge >= 0.3 is 0 Å². The second-order valence-corrected chi connectivity index (χ2v) is 12.8. The molecule has 8 nitrogen and oxygen atoms in total. The number of amides is 2. The van der Waals surface area contributed by atoms with Crippen molar-refractivity contribution in [1.82, 2.24) is 14.6 Å². The highest BCUT2D eigenvalue weighted by atomic mass is 32.2. The highest BCUT2D eigenvalue weighted by Crippen LogP contribution is 2.31. The minimum absolute atomic E-state index is 0.0528. The Morgan fingerprint density at radius 3 is 2.23 bits per heavy atom. The molecule has 9 heteroatoms. The topological polar surface area (TPSA) is 106 Å². The maximum Gasteiger partial charge on any atom is 0.265 e. The average Bonchev–Trinajstić information content (AvgIpc) is 3.35. The lowest BCUT2D eigenvalue weighted by atomic mass is 10.00. The first-order valence-corrected chi connectivity index (χ1v) is 16.2. The number of methoxy groups -OCH3 is 1. The SMILES string of the molecule is CCC(CC)CNC(=O)c1ccc2c(c1)c(Cc1ccc(C(=O)NS(=O)(=O)c3ccccc3C)cc1OC)cn2C(C)C. The van der Waals surface area contributed by atoms with Crippen LogP contribution in [0.25, 0.3) is 10.9 Å². The van der Waals surface area contributed by atoms with Crippen molar-refractivity contribution in [2.45, 2.75) is 64.8 Å². The van der Waals surface area contributed by atoms with Gasteiger partial charge in [-0.25, -0.2) is 13.1 Å². The summed E-state index contributed by atoms with van der Waals surface area (Å²) in [6.07, 6.45) is 4.61. The fraction of sp³-hybridized carbons (Fsp3) is 0.353. The standard InChI is InChI=1S/C34H41N3O5S/c1-7-24(8-2)20-35-33(38)26-15-16-30-29(18-26)28(21-37(30)22(3)4)17-25-13-14-27(19-31(25)42-6)34(39)36-43(40,41)32-12-10-9-11-23(32)5/h9-16,18-19,21-22,24H,7-8,17,20H2,1-6H3,(H,35,38)(H,36,39). The number of nitrogens with one attached hydrogen (secondary N) is 2. The van der Waals surface area contributed by atoms with Crippen LogP contribution >= 0.6 is 0 Å². The number of hydrogen-bond acceptors (Lipinski definition) is 5. The minimum atomic E-state index is -4.05. The van der Waals surface area contributed by atoms with E-state index in [1.54, 1.807) is 43.3 Å². The molecule has 4 aromatic rings. The summed E-state index contributed by atoms with van der Waals surface area (Å²) in [4.78, 5) is 26.1. The van der Waals surface area contributed by atoms with E-state index in [9.17, 15) is 18.0 Å². The Hall–Kier alpha value is -4.11. The first-order chi connectivity index (χ1) is 20.5. The van der Waals surface area contributed by atoms with Crippen molar-refractivity contribution in [1.29, 1.82) is 0 Å². The van der Waals surface area contributed by atoms with Gasteiger partial charge in [-0.1, -0.05) is 51.0 Å². The first kappa shape index (κ1) is 31.8. The molecule has 1 heterocycles. The number of fused-ring (bicyclic) bond motifs is 1. The van der Waals surface area contributed by atoms with Crippen LogP contribution in [0.1, 0.15) is 84.0 Å². The second-order valence-electron chi connectivity index (χ2n) is 11.2. The number of nitrogens with zero attached hydrogens (tertiary/aromatic N) is 1. The number of carbonyl (C=O) groups excluding carboxylic acids is 2. The summed E-state index contributed by atoms with van der Waals surface area (Å²) >= 11 is 0. The Morgan fingerprint density at radius 2 is 1.58 bits per heavy atom. The highest BCUT2D eigenvalue weighted by molar-refractivity contribution is 7.90. The van der Waals surface area contributed by atoms with Gasteiger partial charge in [0.25, 0.3) is 21.8 Å². The number of hydrogen-bond donors (Lipinski definition) is 2. The number of ether oxygens (including phenoxy) is 1. The number of benzene rings is 3. The molecule has 0 aliphatic rings. The van der Waals surface area contributed by atoms with Crippen LogP contribution < -0.4 is 14.8 Å². The molecular formula is C34H41N3O5S. The fourth-order valence-corrected chi connectivity index (χ4v) is 6.50. The van der Waals surface area contributed by atoms with Gasteiger partial charge in [0.2, 0.25) is 0 Å². The number of aromatic nitrogens is 1. The van der Waals surface area contributed by atoms with Crippen LogP contribution in [0, 0.1) is 12.8 Å². The molecule has 0 fully saturated rings. The van der Waals surface area contributed by atoms with Gasteiger partial charge in [0, 0.05) is 47.2 Å². The molecule has 0 radical (unpaired) electrons. The first-order valence-electron chi connectivity index (χ1n) is 14.7. The molecule has 2 amide bonds. The maximum absolute atomic E-state index is 13.0. The molecule has 0 saturated heterocycles. The highest BCUT2D eigenvalue weighted by Gasteiger charge is 2.22. The number of aryl methyl sites for hydroxylation is 1. The number of rotatable bonds is 12. The van der Waals surface area contributed by atoms with E-state index in [2.05, 4.69) is 48.5 Å². The van der Waals surface area contributed by atoms with Crippen molar-refractivity contribution in [2.75, 3.05) is 13.7 Å². The van der Waals surface area contributed by atoms with Gasteiger partial charge in [-0.05, 0) is 79.8 Å². The van der Waals surface area contributed by atoms with Gasteiger partial charge in [0.1, 0.15) is 5.75 Å². The van der Waals surface area contributed by atoms with Crippen LogP contribution in [0.2, 0.25) is 0 Å². The predicted octanol–water partition coefficient (Wildman–Crippen LogP) is 6.41. The van der Waals surface area contributed by atoms with Crippen molar-refractivity contribution in [3.63, 3.8) is 0 Å². The van der Waals surface area contributed by atoms with E-state index in [4.69, 9.17) is 4.74 Å². The van der Waals surface area contributed by atoms with E-state index >= 15 is 0 Å². The van der Waals surface area contributed by atoms with Gasteiger partial charge in [-0.15, -0.1) is 0 Å². The summed E-state index contributed by atoms with van der Waals surface area (Å²) in [5.41, 5.74) is 4.18. The van der Waals surface area contributed by atoms with E-state index < -0.39 is 15.9 Å². The zero-order valence-electron chi connectivity index (χ0n) is 25.7. The molecule has 0 spiro atoms. The Kier molecular flexibility index (Phi) is 9.96. The Balaban J connectivity index is 1.62. The lowest BCUT2D eigenvalue weighted by Gasteiger charge is -2.14. The Labute approximate surface area is 254 Å². The number of sulfonamides is 1. The largest absolute Gasteiger partial charge is 0.496 e. The fourth-order valence-electron chi connectivity index (χ4n) is 5.28. The van der Waals surface area contributed by atoms with Crippen LogP contribution in [0.4, 0.5) is 0 Å². The third-order valence-electron chi connectivity index (χ3n) is 7.98. The molecule has 4 rings (SSSR count). The van der Waals surface area contributed by atoms with Crippen LogP contribution in [-0.4, -0.2) is 38.5 Å². The third kappa shape index (κ3) is 7.10. The van der Waals surface area contributed by atoms with E-state index in [1.165, 1.54) is 13.2 Å². The summed E-state index contributed by atoms with van der Waals surface area (Å²) in [6.45, 7) is 10.8. The van der Waals surface area contributed by atoms with Gasteiger partial charge < -0.3 is 14.6 Å². The van der Waals surface area contributed by atoms with E-state index in [1.807, 2.05) is 18.2 Å². The lowest BCUT2D eigenvalue weighted by Crippen LogP contribution is -2.31. The zero-order valence-corrected chi connectivity index (χ0v) is 26.5. The summed E-state index contributed by atoms with van der Waals surface area (Å²) in [7, 11) is -2.53. The monoisotopic (exact) mass is 603 g/mol. The molecule has 0 aliphatic heterocycles. The molecule has 228 valence electrons. The van der Waals surface area contributed by atoms with Gasteiger partial charge in [-0.2, -0.15) is 0 Å². The second kappa shape index (κ2) is 13.5. The van der Waals surface area contributed by atoms with Crippen molar-refractivity contribution >= 4 is 32.7 Å².